The van der Waals surface area contributed by atoms with Gasteiger partial charge < -0.3 is 10.1 Å². The molecule has 1 aromatic heterocycles. The third kappa shape index (κ3) is 4.49. The number of para-hydroxylation sites is 1. The van der Waals surface area contributed by atoms with Crippen LogP contribution in [-0.2, 0) is 10.0 Å². The number of rotatable bonds is 6. The highest BCUT2D eigenvalue weighted by Crippen LogP contribution is 2.29. The van der Waals surface area contributed by atoms with E-state index in [4.69, 9.17) is 4.74 Å². The van der Waals surface area contributed by atoms with Gasteiger partial charge in [0.1, 0.15) is 5.75 Å². The summed E-state index contributed by atoms with van der Waals surface area (Å²) in [6.07, 6.45) is 1.05. The lowest BCUT2D eigenvalue weighted by Crippen LogP contribution is -2.14. The molecule has 0 saturated carbocycles. The van der Waals surface area contributed by atoms with Gasteiger partial charge in [-0.25, -0.2) is 13.1 Å². The number of hydrogen-bond acceptors (Lipinski definition) is 5. The second-order valence-corrected chi connectivity index (χ2v) is 7.91. The molecule has 28 heavy (non-hydrogen) atoms. The Morgan fingerprint density at radius 2 is 1.82 bits per heavy atom. The van der Waals surface area contributed by atoms with Crippen molar-refractivity contribution in [2.24, 2.45) is 0 Å². The maximum Gasteiger partial charge on any atom is 0.276 e. The molecule has 0 bridgehead atoms. The van der Waals surface area contributed by atoms with E-state index in [1.165, 1.54) is 19.2 Å². The number of methoxy groups -OCH3 is 1. The highest BCUT2D eigenvalue weighted by Gasteiger charge is 2.15. The van der Waals surface area contributed by atoms with E-state index >= 15 is 0 Å². The predicted octanol–water partition coefficient (Wildman–Crippen LogP) is 2.81. The first-order chi connectivity index (χ1) is 13.3. The summed E-state index contributed by atoms with van der Waals surface area (Å²) in [4.78, 5) is 12.6. The molecule has 3 rings (SSSR count). The van der Waals surface area contributed by atoms with Gasteiger partial charge in [0, 0.05) is 17.4 Å². The number of carbonyl (C=O) groups is 1. The van der Waals surface area contributed by atoms with Crippen molar-refractivity contribution >= 4 is 27.3 Å². The molecule has 3 aromatic rings. The molecular weight excluding hydrogens is 380 g/mol. The standard InChI is InChI=1S/C19H20N4O4S/c1-13-11-17(21-23(13)15-7-5-4-6-8-15)19(24)20-14-9-10-16(18(12-14)27-2)22-28(3,25)26/h4-12,22H,1-3H3,(H,20,24). The summed E-state index contributed by atoms with van der Waals surface area (Å²) < 4.78 is 32.1. The topological polar surface area (TPSA) is 102 Å². The SMILES string of the molecule is COc1cc(NC(=O)c2cc(C)n(-c3ccccc3)n2)ccc1NS(C)(=O)=O. The Kier molecular flexibility index (Phi) is 5.36. The summed E-state index contributed by atoms with van der Waals surface area (Å²) in [5, 5.41) is 7.11. The van der Waals surface area contributed by atoms with Gasteiger partial charge in [-0.1, -0.05) is 18.2 Å². The van der Waals surface area contributed by atoms with Crippen LogP contribution in [0.4, 0.5) is 11.4 Å². The number of ether oxygens (including phenoxy) is 1. The molecule has 0 fully saturated rings. The number of amides is 1. The zero-order valence-corrected chi connectivity index (χ0v) is 16.4. The minimum Gasteiger partial charge on any atom is -0.494 e. The summed E-state index contributed by atoms with van der Waals surface area (Å²) >= 11 is 0. The molecule has 2 N–H and O–H groups in total. The van der Waals surface area contributed by atoms with Crippen molar-refractivity contribution in [1.82, 2.24) is 9.78 Å². The van der Waals surface area contributed by atoms with Crippen molar-refractivity contribution in [3.8, 4) is 11.4 Å². The minimum atomic E-state index is -3.45. The Hall–Kier alpha value is -3.33. The fourth-order valence-electron chi connectivity index (χ4n) is 2.66. The monoisotopic (exact) mass is 400 g/mol. The number of sulfonamides is 1. The van der Waals surface area contributed by atoms with E-state index < -0.39 is 10.0 Å². The van der Waals surface area contributed by atoms with Gasteiger partial charge in [0.15, 0.2) is 5.69 Å². The Balaban J connectivity index is 1.82. The third-order valence-electron chi connectivity index (χ3n) is 3.88. The van der Waals surface area contributed by atoms with Crippen molar-refractivity contribution < 1.29 is 17.9 Å². The van der Waals surface area contributed by atoms with Crippen LogP contribution in [-0.4, -0.2) is 37.5 Å². The molecule has 0 unspecified atom stereocenters. The van der Waals surface area contributed by atoms with E-state index in [2.05, 4.69) is 15.1 Å². The van der Waals surface area contributed by atoms with Gasteiger partial charge in [0.25, 0.3) is 5.91 Å². The number of anilines is 2. The highest BCUT2D eigenvalue weighted by molar-refractivity contribution is 7.92. The quantitative estimate of drug-likeness (QED) is 0.662. The molecule has 1 amide bonds. The lowest BCUT2D eigenvalue weighted by Gasteiger charge is -2.12. The summed E-state index contributed by atoms with van der Waals surface area (Å²) in [7, 11) is -2.03. The summed E-state index contributed by atoms with van der Waals surface area (Å²) in [5.41, 5.74) is 2.68. The number of carbonyl (C=O) groups excluding carboxylic acids is 1. The molecule has 1 heterocycles. The van der Waals surface area contributed by atoms with Crippen LogP contribution < -0.4 is 14.8 Å². The summed E-state index contributed by atoms with van der Waals surface area (Å²) in [6.45, 7) is 1.87. The number of benzene rings is 2. The molecule has 0 aliphatic carbocycles. The van der Waals surface area contributed by atoms with Gasteiger partial charge in [-0.15, -0.1) is 0 Å². The van der Waals surface area contributed by atoms with E-state index in [-0.39, 0.29) is 23.0 Å². The van der Waals surface area contributed by atoms with E-state index in [1.54, 1.807) is 16.8 Å². The molecule has 0 radical (unpaired) electrons. The molecule has 0 aliphatic heterocycles. The van der Waals surface area contributed by atoms with Crippen molar-refractivity contribution in [1.29, 1.82) is 0 Å². The van der Waals surface area contributed by atoms with Crippen LogP contribution >= 0.6 is 0 Å². The molecule has 0 saturated heterocycles. The maximum absolute atomic E-state index is 12.6. The fraction of sp³-hybridized carbons (Fsp3) is 0.158. The van der Waals surface area contributed by atoms with Gasteiger partial charge in [-0.05, 0) is 37.3 Å². The van der Waals surface area contributed by atoms with E-state index in [1.807, 2.05) is 37.3 Å². The minimum absolute atomic E-state index is 0.263. The molecule has 2 aromatic carbocycles. The average molecular weight is 400 g/mol. The fourth-order valence-corrected chi connectivity index (χ4v) is 3.23. The Morgan fingerprint density at radius 1 is 1.11 bits per heavy atom. The van der Waals surface area contributed by atoms with Gasteiger partial charge in [-0.3, -0.25) is 9.52 Å². The first-order valence-electron chi connectivity index (χ1n) is 8.36. The van der Waals surface area contributed by atoms with Gasteiger partial charge >= 0.3 is 0 Å². The zero-order valence-electron chi connectivity index (χ0n) is 15.6. The summed E-state index contributed by atoms with van der Waals surface area (Å²) in [5.74, 6) is -0.0992. The van der Waals surface area contributed by atoms with Crippen molar-refractivity contribution in [2.45, 2.75) is 6.92 Å². The van der Waals surface area contributed by atoms with Gasteiger partial charge in [0.2, 0.25) is 10.0 Å². The zero-order chi connectivity index (χ0) is 20.3. The lowest BCUT2D eigenvalue weighted by atomic mass is 10.2. The third-order valence-corrected chi connectivity index (χ3v) is 4.47. The van der Waals surface area contributed by atoms with Gasteiger partial charge in [-0.2, -0.15) is 5.10 Å². The second kappa shape index (κ2) is 7.73. The molecule has 0 atom stereocenters. The number of hydrogen-bond donors (Lipinski definition) is 2. The van der Waals surface area contributed by atoms with Crippen molar-refractivity contribution in [3.05, 3.63) is 66.0 Å². The highest BCUT2D eigenvalue weighted by atomic mass is 32.2. The Labute approximate surface area is 163 Å². The molecule has 0 aliphatic rings. The smallest absolute Gasteiger partial charge is 0.276 e. The first-order valence-corrected chi connectivity index (χ1v) is 10.3. The summed E-state index contributed by atoms with van der Waals surface area (Å²) in [6, 6.07) is 15.8. The second-order valence-electron chi connectivity index (χ2n) is 6.16. The predicted molar refractivity (Wildman–Crippen MR) is 108 cm³/mol. The van der Waals surface area contributed by atoms with E-state index in [9.17, 15) is 13.2 Å². The Bertz CT molecular complexity index is 1110. The number of nitrogens with zero attached hydrogens (tertiary/aromatic N) is 2. The van der Waals surface area contributed by atoms with Crippen molar-refractivity contribution in [2.75, 3.05) is 23.4 Å². The molecular formula is C19H20N4O4S. The number of aromatic nitrogens is 2. The van der Waals surface area contributed by atoms with Crippen LogP contribution in [0.3, 0.4) is 0 Å². The van der Waals surface area contributed by atoms with Crippen LogP contribution in [0.25, 0.3) is 5.69 Å². The normalized spacial score (nSPS) is 11.1. The molecule has 0 spiro atoms. The molecule has 9 heteroatoms. The Morgan fingerprint density at radius 3 is 2.46 bits per heavy atom. The van der Waals surface area contributed by atoms with E-state index in [0.29, 0.717) is 5.69 Å². The first kappa shape index (κ1) is 19.4. The van der Waals surface area contributed by atoms with Crippen LogP contribution in [0, 0.1) is 6.92 Å². The number of nitrogens with one attached hydrogen (secondary N) is 2. The number of aryl methyl sites for hydroxylation is 1. The largest absolute Gasteiger partial charge is 0.494 e. The van der Waals surface area contributed by atoms with Crippen LogP contribution in [0.15, 0.2) is 54.6 Å². The van der Waals surface area contributed by atoms with Crippen LogP contribution in [0.2, 0.25) is 0 Å². The molecule has 146 valence electrons. The van der Waals surface area contributed by atoms with Gasteiger partial charge in [0.05, 0.1) is 24.7 Å². The van der Waals surface area contributed by atoms with E-state index in [0.717, 1.165) is 17.6 Å². The lowest BCUT2D eigenvalue weighted by molar-refractivity contribution is 0.102. The average Bonchev–Trinajstić information content (AvgIpc) is 3.04. The maximum atomic E-state index is 12.6. The molecule has 8 nitrogen and oxygen atoms in total. The van der Waals surface area contributed by atoms with Crippen LogP contribution in [0.5, 0.6) is 5.75 Å². The van der Waals surface area contributed by atoms with Crippen molar-refractivity contribution in [3.63, 3.8) is 0 Å². The van der Waals surface area contributed by atoms with Crippen LogP contribution in [0.1, 0.15) is 16.2 Å².